The fourth-order valence-corrected chi connectivity index (χ4v) is 0.706. The van der Waals surface area contributed by atoms with Gasteiger partial charge in [-0.15, -0.1) is 0 Å². The highest BCUT2D eigenvalue weighted by Gasteiger charge is 2.17. The quantitative estimate of drug-likeness (QED) is 0.252. The van der Waals surface area contributed by atoms with Crippen LogP contribution in [0, 0.1) is 0 Å². The van der Waals surface area contributed by atoms with Crippen LogP contribution in [0.3, 0.4) is 0 Å². The van der Waals surface area contributed by atoms with Crippen molar-refractivity contribution in [2.24, 2.45) is 0 Å². The van der Waals surface area contributed by atoms with E-state index in [0.29, 0.717) is 5.57 Å². The molecule has 0 rings (SSSR count). The monoisotopic (exact) mass is 204 g/mol. The largest absolute Gasteiger partial charge is 0.462 e. The van der Waals surface area contributed by atoms with E-state index in [4.69, 9.17) is 20.1 Å². The van der Waals surface area contributed by atoms with Gasteiger partial charge in [0.05, 0.1) is 6.61 Å². The summed E-state index contributed by atoms with van der Waals surface area (Å²) in [4.78, 5) is 11.0. The number of rotatable bonds is 5. The minimum Gasteiger partial charge on any atom is -0.462 e. The summed E-state index contributed by atoms with van der Waals surface area (Å²) in [7, 11) is 0. The molecule has 5 heteroatoms. The Morgan fingerprint density at radius 3 is 2.43 bits per heavy atom. The second-order valence-corrected chi connectivity index (χ2v) is 2.99. The number of hydrogen-bond acceptors (Lipinski definition) is 5. The number of carbonyl (C=O) groups is 1. The summed E-state index contributed by atoms with van der Waals surface area (Å²) in [5, 5.41) is 25.5. The third-order valence-corrected chi connectivity index (χ3v) is 1.64. The molecule has 14 heavy (non-hydrogen) atoms. The Bertz CT molecular complexity index is 214. The molecule has 0 aromatic heterocycles. The van der Waals surface area contributed by atoms with Crippen molar-refractivity contribution in [2.45, 2.75) is 32.7 Å². The van der Waals surface area contributed by atoms with Gasteiger partial charge < -0.3 is 20.1 Å². The smallest absolute Gasteiger partial charge is 0.333 e. The average molecular weight is 204 g/mol. The van der Waals surface area contributed by atoms with Gasteiger partial charge in [-0.3, -0.25) is 0 Å². The van der Waals surface area contributed by atoms with Gasteiger partial charge in [0.1, 0.15) is 0 Å². The van der Waals surface area contributed by atoms with E-state index in [1.54, 1.807) is 19.9 Å². The molecule has 0 aromatic carbocycles. The van der Waals surface area contributed by atoms with Crippen molar-refractivity contribution >= 4 is 5.97 Å². The maximum Gasteiger partial charge on any atom is 0.333 e. The van der Waals surface area contributed by atoms with Crippen LogP contribution >= 0.6 is 0 Å². The molecule has 0 saturated carbocycles. The molecule has 0 unspecified atom stereocenters. The summed E-state index contributed by atoms with van der Waals surface area (Å²) in [5.41, 5.74) is 0.494. The summed E-state index contributed by atoms with van der Waals surface area (Å²) in [6.07, 6.45) is 1.55. The molecule has 0 radical (unpaired) electrons. The van der Waals surface area contributed by atoms with Crippen LogP contribution in [0.2, 0.25) is 0 Å². The van der Waals surface area contributed by atoms with Gasteiger partial charge in [-0.1, -0.05) is 6.08 Å². The van der Waals surface area contributed by atoms with Crippen LogP contribution in [0.4, 0.5) is 0 Å². The zero-order valence-corrected chi connectivity index (χ0v) is 8.36. The highest BCUT2D eigenvalue weighted by Crippen LogP contribution is 2.05. The van der Waals surface area contributed by atoms with Gasteiger partial charge in [0.15, 0.2) is 0 Å². The Balaban J connectivity index is 3.61. The van der Waals surface area contributed by atoms with E-state index < -0.39 is 11.9 Å². The second kappa shape index (κ2) is 5.74. The third-order valence-electron chi connectivity index (χ3n) is 1.64. The van der Waals surface area contributed by atoms with Crippen LogP contribution in [0.5, 0.6) is 0 Å². The lowest BCUT2D eigenvalue weighted by atomic mass is 10.3. The van der Waals surface area contributed by atoms with E-state index in [9.17, 15) is 4.79 Å². The van der Waals surface area contributed by atoms with E-state index in [-0.39, 0.29) is 19.4 Å². The molecule has 0 aliphatic carbocycles. The Morgan fingerprint density at radius 1 is 1.43 bits per heavy atom. The summed E-state index contributed by atoms with van der Waals surface area (Å²) >= 11 is 0. The predicted molar refractivity (Wildman–Crippen MR) is 49.0 cm³/mol. The van der Waals surface area contributed by atoms with E-state index in [1.165, 1.54) is 0 Å². The number of carbonyl (C=O) groups excluding carboxylic acids is 1. The lowest BCUT2D eigenvalue weighted by molar-refractivity contribution is -0.315. The van der Waals surface area contributed by atoms with Gasteiger partial charge in [0.2, 0.25) is 0 Å². The Morgan fingerprint density at radius 2 is 2.00 bits per heavy atom. The van der Waals surface area contributed by atoms with Crippen molar-refractivity contribution in [3.05, 3.63) is 11.6 Å². The van der Waals surface area contributed by atoms with Crippen LogP contribution in [-0.2, 0) is 9.53 Å². The number of ether oxygens (including phenoxy) is 1. The first-order chi connectivity index (χ1) is 6.37. The zero-order chi connectivity index (χ0) is 11.2. The molecule has 0 aliphatic rings. The van der Waals surface area contributed by atoms with Gasteiger partial charge in [-0.05, 0) is 20.3 Å². The molecule has 0 spiro atoms. The van der Waals surface area contributed by atoms with Crippen molar-refractivity contribution < 1.29 is 24.9 Å². The molecule has 0 fully saturated rings. The molecule has 3 N–H and O–H groups in total. The van der Waals surface area contributed by atoms with Gasteiger partial charge in [-0.25, -0.2) is 4.79 Å². The van der Waals surface area contributed by atoms with Crippen molar-refractivity contribution in [1.29, 1.82) is 0 Å². The zero-order valence-electron chi connectivity index (χ0n) is 8.36. The average Bonchev–Trinajstić information content (AvgIpc) is 2.09. The molecule has 5 nitrogen and oxygen atoms in total. The van der Waals surface area contributed by atoms with Crippen molar-refractivity contribution in [1.82, 2.24) is 0 Å². The molecular weight excluding hydrogens is 188 g/mol. The summed E-state index contributed by atoms with van der Waals surface area (Å²) < 4.78 is 4.75. The van der Waals surface area contributed by atoms with Gasteiger partial charge in [0.25, 0.3) is 5.97 Å². The highest BCUT2D eigenvalue weighted by atomic mass is 16.7. The first kappa shape index (κ1) is 13.1. The standard InChI is InChI=1S/C9H16O5/c1-3-7(2)8(10)14-6-4-5-9(11,12)13/h3,11-13H,4-6H2,1-2H3. The lowest BCUT2D eigenvalue weighted by Crippen LogP contribution is -2.27. The fourth-order valence-electron chi connectivity index (χ4n) is 0.706. The molecule has 82 valence electrons. The fraction of sp³-hybridized carbons (Fsp3) is 0.667. The van der Waals surface area contributed by atoms with E-state index in [1.807, 2.05) is 0 Å². The predicted octanol–water partition coefficient (Wildman–Crippen LogP) is -0.0933. The third kappa shape index (κ3) is 6.59. The molecule has 0 heterocycles. The van der Waals surface area contributed by atoms with Crippen LogP contribution in [-0.4, -0.2) is 33.9 Å². The number of esters is 1. The maximum absolute atomic E-state index is 11.0. The summed E-state index contributed by atoms with van der Waals surface area (Å²) in [6.45, 7) is 3.39. The highest BCUT2D eigenvalue weighted by molar-refractivity contribution is 5.87. The maximum atomic E-state index is 11.0. The van der Waals surface area contributed by atoms with E-state index in [0.717, 1.165) is 0 Å². The van der Waals surface area contributed by atoms with Crippen LogP contribution < -0.4 is 0 Å². The molecule has 0 aliphatic heterocycles. The molecule has 0 saturated heterocycles. The van der Waals surface area contributed by atoms with E-state index >= 15 is 0 Å². The molecule has 0 aromatic rings. The van der Waals surface area contributed by atoms with Crippen LogP contribution in [0.15, 0.2) is 11.6 Å². The number of allylic oxidation sites excluding steroid dienone is 1. The van der Waals surface area contributed by atoms with Crippen molar-refractivity contribution in [3.63, 3.8) is 0 Å². The summed E-state index contributed by atoms with van der Waals surface area (Å²) in [5.74, 6) is -3.12. The molecule has 0 atom stereocenters. The Hall–Kier alpha value is -0.910. The normalized spacial score (nSPS) is 12.8. The first-order valence-electron chi connectivity index (χ1n) is 4.34. The van der Waals surface area contributed by atoms with Gasteiger partial charge >= 0.3 is 5.97 Å². The van der Waals surface area contributed by atoms with Crippen molar-refractivity contribution in [3.8, 4) is 0 Å². The second-order valence-electron chi connectivity index (χ2n) is 2.99. The minimum absolute atomic E-state index is 0.0491. The Labute approximate surface area is 82.6 Å². The van der Waals surface area contributed by atoms with Crippen LogP contribution in [0.25, 0.3) is 0 Å². The van der Waals surface area contributed by atoms with Gasteiger partial charge in [0, 0.05) is 12.0 Å². The van der Waals surface area contributed by atoms with Crippen LogP contribution in [0.1, 0.15) is 26.7 Å². The SMILES string of the molecule is CC=C(C)C(=O)OCCCC(O)(O)O. The van der Waals surface area contributed by atoms with Gasteiger partial charge in [-0.2, -0.15) is 0 Å². The van der Waals surface area contributed by atoms with Crippen molar-refractivity contribution in [2.75, 3.05) is 6.61 Å². The summed E-state index contributed by atoms with van der Waals surface area (Å²) in [6, 6.07) is 0. The molecular formula is C9H16O5. The lowest BCUT2D eigenvalue weighted by Gasteiger charge is -2.13. The number of aliphatic hydroxyl groups is 3. The first-order valence-corrected chi connectivity index (χ1v) is 4.34. The molecule has 0 bridgehead atoms. The Kier molecular flexibility index (Phi) is 5.37. The molecule has 0 amide bonds. The minimum atomic E-state index is -2.68. The topological polar surface area (TPSA) is 87.0 Å². The van der Waals surface area contributed by atoms with E-state index in [2.05, 4.69) is 0 Å². The number of hydrogen-bond donors (Lipinski definition) is 3.